The molecule has 5 nitrogen and oxygen atoms in total. The van der Waals surface area contributed by atoms with Crippen LogP contribution in [0, 0.1) is 6.92 Å². The molecular formula is C19H27ClIN5S. The van der Waals surface area contributed by atoms with Crippen molar-refractivity contribution in [2.45, 2.75) is 20.3 Å². The SMILES string of the molecule is CCNC(=NCCc1ncc(C)s1)N1CCN(c2ccccc2Cl)CC1.I. The Labute approximate surface area is 187 Å². The molecule has 1 saturated heterocycles. The molecule has 0 aliphatic carbocycles. The van der Waals surface area contributed by atoms with Gasteiger partial charge in [-0.25, -0.2) is 4.98 Å². The van der Waals surface area contributed by atoms with Crippen LogP contribution in [-0.4, -0.2) is 55.1 Å². The Morgan fingerprint density at radius 3 is 2.63 bits per heavy atom. The molecule has 0 spiro atoms. The first-order chi connectivity index (χ1) is 12.7. The second-order valence-electron chi connectivity index (χ2n) is 6.28. The second kappa shape index (κ2) is 11.1. The van der Waals surface area contributed by atoms with Crippen LogP contribution in [0.25, 0.3) is 0 Å². The minimum atomic E-state index is 0. The topological polar surface area (TPSA) is 43.8 Å². The summed E-state index contributed by atoms with van der Waals surface area (Å²) in [4.78, 5) is 15.2. The third kappa shape index (κ3) is 6.22. The molecule has 1 aromatic carbocycles. The number of aliphatic imine (C=N–C) groups is 1. The molecule has 1 aliphatic heterocycles. The quantitative estimate of drug-likeness (QED) is 0.368. The standard InChI is InChI=1S/C19H26ClN5S.HI/c1-3-21-19(22-9-8-18-23-14-15(2)26-18)25-12-10-24(11-13-25)17-7-5-4-6-16(17)20;/h4-7,14H,3,8-13H2,1-2H3,(H,21,22);1H. The van der Waals surface area contributed by atoms with E-state index < -0.39 is 0 Å². The van der Waals surface area contributed by atoms with Gasteiger partial charge in [-0.15, -0.1) is 35.3 Å². The molecule has 1 N–H and O–H groups in total. The summed E-state index contributed by atoms with van der Waals surface area (Å²) in [6.07, 6.45) is 2.83. The predicted molar refractivity (Wildman–Crippen MR) is 127 cm³/mol. The van der Waals surface area contributed by atoms with Gasteiger partial charge < -0.3 is 15.1 Å². The maximum atomic E-state index is 6.34. The molecule has 1 aromatic heterocycles. The van der Waals surface area contributed by atoms with E-state index in [4.69, 9.17) is 16.6 Å². The number of halogens is 2. The molecule has 0 amide bonds. The van der Waals surface area contributed by atoms with Crippen molar-refractivity contribution in [2.75, 3.05) is 44.2 Å². The Kier molecular flexibility index (Phi) is 9.11. The van der Waals surface area contributed by atoms with E-state index in [0.717, 1.165) is 67.4 Å². The average Bonchev–Trinajstić information content (AvgIpc) is 3.07. The zero-order chi connectivity index (χ0) is 18.4. The van der Waals surface area contributed by atoms with Crippen molar-refractivity contribution < 1.29 is 0 Å². The van der Waals surface area contributed by atoms with Gasteiger partial charge in [-0.2, -0.15) is 0 Å². The van der Waals surface area contributed by atoms with Gasteiger partial charge in [0.2, 0.25) is 0 Å². The minimum absolute atomic E-state index is 0. The summed E-state index contributed by atoms with van der Waals surface area (Å²) < 4.78 is 0. The summed E-state index contributed by atoms with van der Waals surface area (Å²) in [6, 6.07) is 8.06. The molecule has 0 atom stereocenters. The number of thiazole rings is 1. The third-order valence-corrected chi connectivity index (χ3v) is 5.66. The summed E-state index contributed by atoms with van der Waals surface area (Å²) in [5.74, 6) is 1.000. The number of anilines is 1. The summed E-state index contributed by atoms with van der Waals surface area (Å²) in [7, 11) is 0. The van der Waals surface area contributed by atoms with Crippen LogP contribution >= 0.6 is 46.9 Å². The van der Waals surface area contributed by atoms with E-state index in [-0.39, 0.29) is 24.0 Å². The molecule has 8 heteroatoms. The van der Waals surface area contributed by atoms with Gasteiger partial charge in [-0.05, 0) is 26.0 Å². The largest absolute Gasteiger partial charge is 0.367 e. The molecular weight excluding hydrogens is 493 g/mol. The molecule has 27 heavy (non-hydrogen) atoms. The Morgan fingerprint density at radius 2 is 2.00 bits per heavy atom. The number of nitrogens with one attached hydrogen (secondary N) is 1. The average molecular weight is 520 g/mol. The van der Waals surface area contributed by atoms with Gasteiger partial charge in [0.1, 0.15) is 0 Å². The van der Waals surface area contributed by atoms with Crippen molar-refractivity contribution in [1.29, 1.82) is 0 Å². The molecule has 2 aromatic rings. The fraction of sp³-hybridized carbons (Fsp3) is 0.474. The number of para-hydroxylation sites is 1. The minimum Gasteiger partial charge on any atom is -0.367 e. The van der Waals surface area contributed by atoms with Crippen LogP contribution in [0.3, 0.4) is 0 Å². The number of benzene rings is 1. The summed E-state index contributed by atoms with van der Waals surface area (Å²) >= 11 is 8.09. The lowest BCUT2D eigenvalue weighted by Crippen LogP contribution is -2.52. The number of nitrogens with zero attached hydrogens (tertiary/aromatic N) is 4. The number of rotatable bonds is 5. The molecule has 0 bridgehead atoms. The number of hydrogen-bond donors (Lipinski definition) is 1. The monoisotopic (exact) mass is 519 g/mol. The molecule has 148 valence electrons. The van der Waals surface area contributed by atoms with E-state index in [0.29, 0.717) is 0 Å². The van der Waals surface area contributed by atoms with Crippen LogP contribution in [0.4, 0.5) is 5.69 Å². The van der Waals surface area contributed by atoms with Gasteiger partial charge in [0, 0.05) is 56.8 Å². The van der Waals surface area contributed by atoms with Gasteiger partial charge in [0.05, 0.1) is 15.7 Å². The van der Waals surface area contributed by atoms with Crippen molar-refractivity contribution in [3.8, 4) is 0 Å². The molecule has 1 fully saturated rings. The van der Waals surface area contributed by atoms with Crippen LogP contribution in [0.1, 0.15) is 16.8 Å². The first-order valence-corrected chi connectivity index (χ1v) is 10.3. The molecule has 2 heterocycles. The van der Waals surface area contributed by atoms with Gasteiger partial charge in [0.25, 0.3) is 0 Å². The van der Waals surface area contributed by atoms with Crippen molar-refractivity contribution in [2.24, 2.45) is 4.99 Å². The van der Waals surface area contributed by atoms with Crippen molar-refractivity contribution in [1.82, 2.24) is 15.2 Å². The number of aromatic nitrogens is 1. The Bertz CT molecular complexity index is 743. The first-order valence-electron chi connectivity index (χ1n) is 9.11. The van der Waals surface area contributed by atoms with Gasteiger partial charge in [-0.1, -0.05) is 23.7 Å². The van der Waals surface area contributed by atoms with Crippen LogP contribution in [0.2, 0.25) is 5.02 Å². The normalized spacial score (nSPS) is 14.9. The lowest BCUT2D eigenvalue weighted by atomic mass is 10.2. The zero-order valence-corrected chi connectivity index (χ0v) is 19.7. The third-order valence-electron chi connectivity index (χ3n) is 4.36. The van der Waals surface area contributed by atoms with E-state index in [1.165, 1.54) is 4.88 Å². The van der Waals surface area contributed by atoms with E-state index in [1.54, 1.807) is 11.3 Å². The molecule has 0 saturated carbocycles. The lowest BCUT2D eigenvalue weighted by molar-refractivity contribution is 0.372. The zero-order valence-electron chi connectivity index (χ0n) is 15.8. The van der Waals surface area contributed by atoms with Crippen molar-refractivity contribution >= 4 is 58.6 Å². The Morgan fingerprint density at radius 1 is 1.26 bits per heavy atom. The summed E-state index contributed by atoms with van der Waals surface area (Å²) in [5, 5.41) is 5.40. The maximum Gasteiger partial charge on any atom is 0.194 e. The predicted octanol–water partition coefficient (Wildman–Crippen LogP) is 4.05. The van der Waals surface area contributed by atoms with Gasteiger partial charge in [-0.3, -0.25) is 4.99 Å². The summed E-state index contributed by atoms with van der Waals surface area (Å²) in [5.41, 5.74) is 1.12. The van der Waals surface area contributed by atoms with Gasteiger partial charge >= 0.3 is 0 Å². The van der Waals surface area contributed by atoms with Crippen LogP contribution in [0.5, 0.6) is 0 Å². The van der Waals surface area contributed by atoms with Crippen molar-refractivity contribution in [3.63, 3.8) is 0 Å². The Balaban J connectivity index is 0.00000261. The highest BCUT2D eigenvalue weighted by Gasteiger charge is 2.20. The molecule has 1 aliphatic rings. The number of piperazine rings is 1. The van der Waals surface area contributed by atoms with E-state index >= 15 is 0 Å². The highest BCUT2D eigenvalue weighted by molar-refractivity contribution is 14.0. The van der Waals surface area contributed by atoms with Crippen LogP contribution in [0.15, 0.2) is 35.5 Å². The number of hydrogen-bond acceptors (Lipinski definition) is 4. The first kappa shape index (κ1) is 22.2. The number of guanidine groups is 1. The van der Waals surface area contributed by atoms with Crippen LogP contribution in [-0.2, 0) is 6.42 Å². The molecule has 0 radical (unpaired) electrons. The highest BCUT2D eigenvalue weighted by Crippen LogP contribution is 2.26. The smallest absolute Gasteiger partial charge is 0.194 e. The maximum absolute atomic E-state index is 6.34. The molecule has 3 rings (SSSR count). The van der Waals surface area contributed by atoms with E-state index in [9.17, 15) is 0 Å². The Hall–Kier alpha value is -1.06. The highest BCUT2D eigenvalue weighted by atomic mass is 127. The van der Waals surface area contributed by atoms with Crippen LogP contribution < -0.4 is 10.2 Å². The van der Waals surface area contributed by atoms with Crippen molar-refractivity contribution in [3.05, 3.63) is 45.4 Å². The van der Waals surface area contributed by atoms with E-state index in [2.05, 4.69) is 40.0 Å². The number of aryl methyl sites for hydroxylation is 1. The van der Waals surface area contributed by atoms with Gasteiger partial charge in [0.15, 0.2) is 5.96 Å². The second-order valence-corrected chi connectivity index (χ2v) is 8.00. The van der Waals surface area contributed by atoms with E-state index in [1.807, 2.05) is 24.4 Å². The summed E-state index contributed by atoms with van der Waals surface area (Å²) in [6.45, 7) is 9.60. The lowest BCUT2D eigenvalue weighted by Gasteiger charge is -2.38. The fourth-order valence-corrected chi connectivity index (χ4v) is 4.10. The fourth-order valence-electron chi connectivity index (χ4n) is 3.07. The molecule has 0 unspecified atom stereocenters.